The third-order valence-corrected chi connectivity index (χ3v) is 11.5. The van der Waals surface area contributed by atoms with Gasteiger partial charge in [0, 0.05) is 25.2 Å². The van der Waals surface area contributed by atoms with Gasteiger partial charge in [0.25, 0.3) is 0 Å². The summed E-state index contributed by atoms with van der Waals surface area (Å²) in [6.45, 7) is -0.593. The SMILES string of the molecule is NC[C@@H]1O[C@H](O[C@H]2[C@@H](OCCOCCCC3CCCCC3)[C@H](O[C@@H]3[C@@H](O)[C@H](N)C[C@H](N)[C@H]3O[C@H]3O[C@H](CO)[C@@H](O)[C@H](O)[C@H]3N)O[C@@H]2CO)[C@H](N)[C@@H](O)[C@@H]1O. The first-order valence-corrected chi connectivity index (χ1v) is 19.4. The van der Waals surface area contributed by atoms with Crippen molar-refractivity contribution in [3.63, 3.8) is 0 Å². The van der Waals surface area contributed by atoms with Crippen LogP contribution in [0.1, 0.15) is 51.4 Å². The van der Waals surface area contributed by atoms with Crippen LogP contribution in [0.2, 0.25) is 0 Å². The van der Waals surface area contributed by atoms with Crippen LogP contribution < -0.4 is 28.7 Å². The predicted molar refractivity (Wildman–Crippen MR) is 187 cm³/mol. The molecule has 0 bridgehead atoms. The van der Waals surface area contributed by atoms with Gasteiger partial charge in [0.2, 0.25) is 0 Å². The van der Waals surface area contributed by atoms with Crippen molar-refractivity contribution in [3.8, 4) is 0 Å². The van der Waals surface area contributed by atoms with Crippen LogP contribution in [0, 0.1) is 5.92 Å². The molecule has 20 nitrogen and oxygen atoms in total. The molecular formula is C34H65N5O15. The number of hydrogen-bond donors (Lipinski definition) is 12. The fourth-order valence-electron chi connectivity index (χ4n) is 8.15. The minimum atomic E-state index is -1.52. The van der Waals surface area contributed by atoms with Crippen LogP contribution in [0.25, 0.3) is 0 Å². The normalized spacial score (nSPS) is 46.6. The highest BCUT2D eigenvalue weighted by Gasteiger charge is 2.55. The first-order chi connectivity index (χ1) is 25.9. The summed E-state index contributed by atoms with van der Waals surface area (Å²) in [5, 5.41) is 73.4. The Morgan fingerprint density at radius 3 is 1.76 bits per heavy atom. The zero-order valence-electron chi connectivity index (χ0n) is 30.7. The highest BCUT2D eigenvalue weighted by molar-refractivity contribution is 5.02. The maximum atomic E-state index is 11.4. The summed E-state index contributed by atoms with van der Waals surface area (Å²) in [5.41, 5.74) is 30.9. The summed E-state index contributed by atoms with van der Waals surface area (Å²) in [5.74, 6) is 0.727. The van der Waals surface area contributed by atoms with Gasteiger partial charge in [-0.25, -0.2) is 0 Å². The molecule has 5 aliphatic rings. The highest BCUT2D eigenvalue weighted by Crippen LogP contribution is 2.36. The molecular weight excluding hydrogens is 718 g/mol. The summed E-state index contributed by atoms with van der Waals surface area (Å²) in [6, 6.07) is -4.23. The molecule has 19 atom stereocenters. The Morgan fingerprint density at radius 2 is 1.13 bits per heavy atom. The lowest BCUT2D eigenvalue weighted by molar-refractivity contribution is -0.312. The number of ether oxygens (including phenoxy) is 8. The van der Waals surface area contributed by atoms with Crippen molar-refractivity contribution in [3.05, 3.63) is 0 Å². The van der Waals surface area contributed by atoms with E-state index < -0.39 is 129 Å². The fraction of sp³-hybridized carbons (Fsp3) is 1.00. The lowest BCUT2D eigenvalue weighted by Gasteiger charge is -2.47. The monoisotopic (exact) mass is 783 g/mol. The van der Waals surface area contributed by atoms with E-state index >= 15 is 0 Å². The number of nitrogens with two attached hydrogens (primary N) is 5. The van der Waals surface area contributed by atoms with Gasteiger partial charge in [-0.3, -0.25) is 0 Å². The van der Waals surface area contributed by atoms with Crippen LogP contribution in [0.5, 0.6) is 0 Å². The lowest BCUT2D eigenvalue weighted by Crippen LogP contribution is -2.68. The summed E-state index contributed by atoms with van der Waals surface area (Å²) in [4.78, 5) is 0. The minimum Gasteiger partial charge on any atom is -0.394 e. The van der Waals surface area contributed by atoms with Crippen LogP contribution in [0.15, 0.2) is 0 Å². The fourth-order valence-corrected chi connectivity index (χ4v) is 8.15. The zero-order valence-corrected chi connectivity index (χ0v) is 30.7. The molecule has 316 valence electrons. The van der Waals surface area contributed by atoms with E-state index in [2.05, 4.69) is 0 Å². The summed E-state index contributed by atoms with van der Waals surface area (Å²) in [7, 11) is 0. The first kappa shape index (κ1) is 44.3. The Labute approximate surface area is 315 Å². The van der Waals surface area contributed by atoms with Gasteiger partial charge in [0.05, 0.1) is 44.6 Å². The van der Waals surface area contributed by atoms with Gasteiger partial charge in [0.15, 0.2) is 18.9 Å². The van der Waals surface area contributed by atoms with E-state index in [4.69, 9.17) is 66.6 Å². The maximum Gasteiger partial charge on any atom is 0.187 e. The topological polar surface area (TPSA) is 346 Å². The number of hydrogen-bond acceptors (Lipinski definition) is 20. The van der Waals surface area contributed by atoms with Gasteiger partial charge in [-0.1, -0.05) is 32.1 Å². The van der Waals surface area contributed by atoms with Gasteiger partial charge in [-0.2, -0.15) is 0 Å². The molecule has 0 aromatic rings. The molecule has 0 unspecified atom stereocenters. The second-order valence-corrected chi connectivity index (χ2v) is 15.3. The van der Waals surface area contributed by atoms with Crippen molar-refractivity contribution in [2.75, 3.05) is 39.6 Å². The smallest absolute Gasteiger partial charge is 0.187 e. The molecule has 5 fully saturated rings. The molecule has 0 amide bonds. The quantitative estimate of drug-likeness (QED) is 0.0612. The Morgan fingerprint density at radius 1 is 0.556 bits per heavy atom. The summed E-state index contributed by atoms with van der Waals surface area (Å²) in [6.07, 6.45) is -10.9. The molecule has 5 rings (SSSR count). The largest absolute Gasteiger partial charge is 0.394 e. The second-order valence-electron chi connectivity index (χ2n) is 15.3. The molecule has 2 aliphatic carbocycles. The van der Waals surface area contributed by atoms with Gasteiger partial charge < -0.3 is 102 Å². The highest BCUT2D eigenvalue weighted by atomic mass is 16.8. The number of aliphatic hydroxyl groups is 7. The molecule has 20 heteroatoms. The second kappa shape index (κ2) is 20.8. The maximum absolute atomic E-state index is 11.4. The van der Waals surface area contributed by atoms with Crippen molar-refractivity contribution >= 4 is 0 Å². The van der Waals surface area contributed by atoms with Crippen molar-refractivity contribution in [2.24, 2.45) is 34.6 Å². The van der Waals surface area contributed by atoms with Gasteiger partial charge in [-0.05, 0) is 25.2 Å². The van der Waals surface area contributed by atoms with Crippen molar-refractivity contribution in [1.29, 1.82) is 0 Å². The molecule has 2 saturated carbocycles. The molecule has 0 aromatic carbocycles. The molecule has 0 aromatic heterocycles. The van der Waals surface area contributed by atoms with E-state index in [0.717, 1.165) is 18.8 Å². The van der Waals surface area contributed by atoms with Crippen molar-refractivity contribution in [1.82, 2.24) is 0 Å². The molecule has 3 aliphatic heterocycles. The van der Waals surface area contributed by atoms with Gasteiger partial charge >= 0.3 is 0 Å². The average Bonchev–Trinajstić information content (AvgIpc) is 3.50. The standard InChI is InChI=1S/C34H65N5O15/c35-12-18-24(43)26(45)21(38)32(49-18)53-29-20(14-41)51-34(31(29)48-10-9-47-8-4-7-15-5-2-1-3-6-15)54-30-23(42)16(36)11-17(37)28(30)52-33-22(39)27(46)25(44)19(13-40)50-33/h15-34,40-46H,1-14,35-39H2/t16-,17+,18+,19-,20-,21-,22-,23+,24-,25-,26-,27-,28-,29-,30-,31-,32-,33-,34+/m1/s1. The van der Waals surface area contributed by atoms with E-state index in [1.807, 2.05) is 0 Å². The van der Waals surface area contributed by atoms with Gasteiger partial charge in [-0.15, -0.1) is 0 Å². The number of rotatable bonds is 17. The minimum absolute atomic E-state index is 0.0410. The molecule has 3 saturated heterocycles. The Kier molecular flexibility index (Phi) is 17.0. The van der Waals surface area contributed by atoms with E-state index in [9.17, 15) is 35.7 Å². The molecule has 0 spiro atoms. The molecule has 3 heterocycles. The summed E-state index contributed by atoms with van der Waals surface area (Å²) < 4.78 is 48.5. The molecule has 17 N–H and O–H groups in total. The third-order valence-electron chi connectivity index (χ3n) is 11.5. The van der Waals surface area contributed by atoms with Crippen LogP contribution in [0.4, 0.5) is 0 Å². The average molecular weight is 784 g/mol. The Hall–Kier alpha value is -0.800. The van der Waals surface area contributed by atoms with E-state index in [0.29, 0.717) is 6.61 Å². The number of aliphatic hydroxyl groups excluding tert-OH is 7. The molecule has 54 heavy (non-hydrogen) atoms. The van der Waals surface area contributed by atoms with Crippen LogP contribution in [-0.2, 0) is 37.9 Å². The van der Waals surface area contributed by atoms with Crippen LogP contribution in [0.3, 0.4) is 0 Å². The Balaban J connectivity index is 1.31. The van der Waals surface area contributed by atoms with Crippen molar-refractivity contribution < 1.29 is 73.6 Å². The van der Waals surface area contributed by atoms with Crippen LogP contribution in [-0.4, -0.2) is 192 Å². The van der Waals surface area contributed by atoms with E-state index in [1.165, 1.54) is 32.1 Å². The van der Waals surface area contributed by atoms with Crippen LogP contribution >= 0.6 is 0 Å². The first-order valence-electron chi connectivity index (χ1n) is 19.4. The zero-order chi connectivity index (χ0) is 39.1. The lowest BCUT2D eigenvalue weighted by atomic mass is 9.84. The van der Waals surface area contributed by atoms with E-state index in [1.54, 1.807) is 0 Å². The van der Waals surface area contributed by atoms with E-state index in [-0.39, 0.29) is 26.2 Å². The predicted octanol–water partition coefficient (Wildman–Crippen LogP) is -5.46. The summed E-state index contributed by atoms with van der Waals surface area (Å²) >= 11 is 0. The Bertz CT molecular complexity index is 1100. The van der Waals surface area contributed by atoms with Gasteiger partial charge in [0.1, 0.15) is 67.1 Å². The molecule has 0 radical (unpaired) electrons. The van der Waals surface area contributed by atoms with Crippen molar-refractivity contribution in [2.45, 2.75) is 168 Å². The third kappa shape index (κ3) is 10.4.